The fraction of sp³-hybridized carbons (Fsp3) is 0.500. The Morgan fingerprint density at radius 2 is 1.93 bits per heavy atom. The summed E-state index contributed by atoms with van der Waals surface area (Å²) in [5.74, 6) is 2.26. The molecule has 1 aliphatic heterocycles. The van der Waals surface area contributed by atoms with Crippen LogP contribution in [0.1, 0.15) is 55.3 Å². The molecular weight excluding hydrogens is 340 g/mol. The lowest BCUT2D eigenvalue weighted by molar-refractivity contribution is 0.0933. The van der Waals surface area contributed by atoms with Gasteiger partial charge in [-0.1, -0.05) is 13.8 Å². The molecule has 1 saturated heterocycles. The summed E-state index contributed by atoms with van der Waals surface area (Å²) in [5.41, 5.74) is 0.644. The summed E-state index contributed by atoms with van der Waals surface area (Å²) >= 11 is 0. The molecule has 0 radical (unpaired) electrons. The fourth-order valence-corrected chi connectivity index (χ4v) is 3.35. The van der Waals surface area contributed by atoms with Crippen LogP contribution in [0.25, 0.3) is 0 Å². The molecule has 1 amide bonds. The number of hydrogen-bond donors (Lipinski definition) is 1. The van der Waals surface area contributed by atoms with Crippen LogP contribution in [0, 0.1) is 5.92 Å². The lowest BCUT2D eigenvalue weighted by atomic mass is 10.1. The van der Waals surface area contributed by atoms with Gasteiger partial charge < -0.3 is 14.5 Å². The van der Waals surface area contributed by atoms with E-state index < -0.39 is 0 Å². The molecule has 1 aromatic heterocycles. The third kappa shape index (κ3) is 5.60. The van der Waals surface area contributed by atoms with Gasteiger partial charge in [-0.3, -0.25) is 9.69 Å². The summed E-state index contributed by atoms with van der Waals surface area (Å²) in [7, 11) is 0. The maximum absolute atomic E-state index is 12.5. The van der Waals surface area contributed by atoms with Gasteiger partial charge in [0.2, 0.25) is 0 Å². The number of benzene rings is 1. The first kappa shape index (κ1) is 19.5. The Labute approximate surface area is 161 Å². The molecule has 5 nitrogen and oxygen atoms in total. The molecule has 0 spiro atoms. The lowest BCUT2D eigenvalue weighted by Gasteiger charge is -2.26. The average molecular weight is 370 g/mol. The fourth-order valence-electron chi connectivity index (χ4n) is 3.35. The van der Waals surface area contributed by atoms with E-state index >= 15 is 0 Å². The first-order valence-electron chi connectivity index (χ1n) is 9.92. The second kappa shape index (κ2) is 9.60. The number of likely N-dealkylation sites (tertiary alicyclic amines) is 1. The van der Waals surface area contributed by atoms with Crippen molar-refractivity contribution < 1.29 is 13.9 Å². The van der Waals surface area contributed by atoms with Crippen LogP contribution < -0.4 is 10.1 Å². The predicted octanol–water partition coefficient (Wildman–Crippen LogP) is 4.27. The van der Waals surface area contributed by atoms with E-state index in [-0.39, 0.29) is 11.9 Å². The Hall–Kier alpha value is -2.27. The van der Waals surface area contributed by atoms with Crippen molar-refractivity contribution in [2.75, 3.05) is 26.2 Å². The molecule has 0 aliphatic carbocycles. The standard InChI is InChI=1S/C22H30N2O3/c1-17(2)11-15-26-19-9-7-18(8-10-19)22(25)23-16-20(21-6-5-14-27-21)24-12-3-4-13-24/h5-10,14,17,20H,3-4,11-13,15-16H2,1-2H3,(H,23,25). The van der Waals surface area contributed by atoms with Crippen LogP contribution in [-0.4, -0.2) is 37.0 Å². The molecule has 3 rings (SSSR count). The zero-order valence-electron chi connectivity index (χ0n) is 16.3. The van der Waals surface area contributed by atoms with Crippen molar-refractivity contribution in [1.82, 2.24) is 10.2 Å². The molecule has 2 heterocycles. The number of carbonyl (C=O) groups excluding carboxylic acids is 1. The largest absolute Gasteiger partial charge is 0.494 e. The number of amides is 1. The van der Waals surface area contributed by atoms with E-state index in [0.29, 0.717) is 24.6 Å². The van der Waals surface area contributed by atoms with Gasteiger partial charge in [-0.05, 0) is 74.7 Å². The molecule has 0 bridgehead atoms. The van der Waals surface area contributed by atoms with E-state index in [9.17, 15) is 4.79 Å². The third-order valence-electron chi connectivity index (χ3n) is 4.99. The number of nitrogens with one attached hydrogen (secondary N) is 1. The first-order chi connectivity index (χ1) is 13.1. The Morgan fingerprint density at radius 1 is 1.19 bits per heavy atom. The average Bonchev–Trinajstić information content (AvgIpc) is 3.36. The number of furan rings is 1. The van der Waals surface area contributed by atoms with E-state index in [2.05, 4.69) is 24.1 Å². The van der Waals surface area contributed by atoms with Crippen LogP contribution >= 0.6 is 0 Å². The Morgan fingerprint density at radius 3 is 2.56 bits per heavy atom. The van der Waals surface area contributed by atoms with Gasteiger partial charge in [-0.15, -0.1) is 0 Å². The van der Waals surface area contributed by atoms with Gasteiger partial charge >= 0.3 is 0 Å². The van der Waals surface area contributed by atoms with E-state index in [1.807, 2.05) is 36.4 Å². The monoisotopic (exact) mass is 370 g/mol. The minimum absolute atomic E-state index is 0.0699. The van der Waals surface area contributed by atoms with Crippen molar-refractivity contribution in [2.24, 2.45) is 5.92 Å². The van der Waals surface area contributed by atoms with E-state index in [4.69, 9.17) is 9.15 Å². The molecule has 1 unspecified atom stereocenters. The van der Waals surface area contributed by atoms with Gasteiger partial charge in [-0.2, -0.15) is 0 Å². The molecule has 1 atom stereocenters. The van der Waals surface area contributed by atoms with Crippen LogP contribution in [0.5, 0.6) is 5.75 Å². The number of carbonyl (C=O) groups is 1. The van der Waals surface area contributed by atoms with Gasteiger partial charge in [0.25, 0.3) is 5.91 Å². The zero-order chi connectivity index (χ0) is 19.1. The van der Waals surface area contributed by atoms with Gasteiger partial charge in [0.05, 0.1) is 18.9 Å². The minimum Gasteiger partial charge on any atom is -0.494 e. The molecule has 1 fully saturated rings. The maximum Gasteiger partial charge on any atom is 0.251 e. The molecule has 5 heteroatoms. The van der Waals surface area contributed by atoms with Crippen molar-refractivity contribution in [2.45, 2.75) is 39.2 Å². The topological polar surface area (TPSA) is 54.7 Å². The summed E-state index contributed by atoms with van der Waals surface area (Å²) in [4.78, 5) is 14.9. The lowest BCUT2D eigenvalue weighted by Crippen LogP contribution is -2.36. The van der Waals surface area contributed by atoms with E-state index in [1.54, 1.807) is 6.26 Å². The summed E-state index contributed by atoms with van der Waals surface area (Å²) in [6.07, 6.45) is 5.11. The van der Waals surface area contributed by atoms with Crippen LogP contribution in [0.2, 0.25) is 0 Å². The van der Waals surface area contributed by atoms with Crippen molar-refractivity contribution in [1.29, 1.82) is 0 Å². The molecular formula is C22H30N2O3. The van der Waals surface area contributed by atoms with Crippen LogP contribution in [0.3, 0.4) is 0 Å². The highest BCUT2D eigenvalue weighted by Crippen LogP contribution is 2.25. The highest BCUT2D eigenvalue weighted by atomic mass is 16.5. The smallest absolute Gasteiger partial charge is 0.251 e. The van der Waals surface area contributed by atoms with E-state index in [1.165, 1.54) is 12.8 Å². The summed E-state index contributed by atoms with van der Waals surface area (Å²) in [6.45, 7) is 7.68. The Balaban J connectivity index is 1.54. The van der Waals surface area contributed by atoms with Crippen LogP contribution in [0.15, 0.2) is 47.1 Å². The third-order valence-corrected chi connectivity index (χ3v) is 4.99. The Kier molecular flexibility index (Phi) is 6.93. The van der Waals surface area contributed by atoms with Gasteiger partial charge in [-0.25, -0.2) is 0 Å². The number of ether oxygens (including phenoxy) is 1. The van der Waals surface area contributed by atoms with Crippen molar-refractivity contribution in [3.63, 3.8) is 0 Å². The minimum atomic E-state index is -0.0699. The highest BCUT2D eigenvalue weighted by Gasteiger charge is 2.26. The zero-order valence-corrected chi connectivity index (χ0v) is 16.3. The SMILES string of the molecule is CC(C)CCOc1ccc(C(=O)NCC(c2ccco2)N2CCCC2)cc1. The van der Waals surface area contributed by atoms with E-state index in [0.717, 1.165) is 31.0 Å². The molecule has 0 saturated carbocycles. The van der Waals surface area contributed by atoms with Crippen molar-refractivity contribution >= 4 is 5.91 Å². The normalized spacial score (nSPS) is 15.8. The molecule has 1 aromatic carbocycles. The summed E-state index contributed by atoms with van der Waals surface area (Å²) in [5, 5.41) is 3.06. The molecule has 146 valence electrons. The van der Waals surface area contributed by atoms with Crippen LogP contribution in [0.4, 0.5) is 0 Å². The molecule has 1 aliphatic rings. The van der Waals surface area contributed by atoms with Crippen molar-refractivity contribution in [3.8, 4) is 5.75 Å². The van der Waals surface area contributed by atoms with Crippen LogP contribution in [-0.2, 0) is 0 Å². The summed E-state index contributed by atoms with van der Waals surface area (Å²) in [6, 6.07) is 11.3. The quantitative estimate of drug-likeness (QED) is 0.716. The molecule has 2 aromatic rings. The molecule has 27 heavy (non-hydrogen) atoms. The van der Waals surface area contributed by atoms with Gasteiger partial charge in [0.15, 0.2) is 0 Å². The maximum atomic E-state index is 12.5. The first-order valence-corrected chi connectivity index (χ1v) is 9.92. The Bertz CT molecular complexity index is 689. The number of nitrogens with zero attached hydrogens (tertiary/aromatic N) is 1. The molecule has 1 N–H and O–H groups in total. The second-order valence-corrected chi connectivity index (χ2v) is 7.54. The number of hydrogen-bond acceptors (Lipinski definition) is 4. The second-order valence-electron chi connectivity index (χ2n) is 7.54. The van der Waals surface area contributed by atoms with Crippen molar-refractivity contribution in [3.05, 3.63) is 54.0 Å². The van der Waals surface area contributed by atoms with Gasteiger partial charge in [0.1, 0.15) is 11.5 Å². The van der Waals surface area contributed by atoms with Gasteiger partial charge in [0, 0.05) is 12.1 Å². The highest BCUT2D eigenvalue weighted by molar-refractivity contribution is 5.94. The number of rotatable bonds is 9. The predicted molar refractivity (Wildman–Crippen MR) is 106 cm³/mol. The summed E-state index contributed by atoms with van der Waals surface area (Å²) < 4.78 is 11.3.